The van der Waals surface area contributed by atoms with Gasteiger partial charge in [-0.15, -0.1) is 0 Å². The highest BCUT2D eigenvalue weighted by atomic mass is 16.5. The van der Waals surface area contributed by atoms with Gasteiger partial charge in [-0.3, -0.25) is 0 Å². The Labute approximate surface area is 88.0 Å². The van der Waals surface area contributed by atoms with Crippen LogP contribution in [-0.2, 0) is 9.53 Å². The molecule has 0 aliphatic heterocycles. The molecule has 0 aliphatic rings. The normalized spacial score (nSPS) is 11.2. The summed E-state index contributed by atoms with van der Waals surface area (Å²) in [5.41, 5.74) is 6.59. The van der Waals surface area contributed by atoms with Crippen LogP contribution in [0.5, 0.6) is 5.75 Å². The highest BCUT2D eigenvalue weighted by Gasteiger charge is 2.06. The molecular weight excluding hydrogens is 194 g/mol. The number of phenolic OH excluding ortho intramolecular Hbond substituents is 1. The number of hydrogen-bond donors (Lipinski definition) is 2. The third-order valence-electron chi connectivity index (χ3n) is 1.90. The molecule has 0 unspecified atom stereocenters. The number of hydrogen-bond acceptors (Lipinski definition) is 4. The van der Waals surface area contributed by atoms with Gasteiger partial charge in [0.15, 0.2) is 0 Å². The monoisotopic (exact) mass is 207 g/mol. The van der Waals surface area contributed by atoms with Gasteiger partial charge in [-0.05, 0) is 23.8 Å². The summed E-state index contributed by atoms with van der Waals surface area (Å²) in [6.45, 7) is 0.119. The molecule has 4 nitrogen and oxygen atoms in total. The van der Waals surface area contributed by atoms with E-state index in [0.717, 1.165) is 5.56 Å². The maximum atomic E-state index is 11.2. The van der Waals surface area contributed by atoms with Crippen LogP contribution in [0.3, 0.4) is 0 Å². The van der Waals surface area contributed by atoms with Crippen LogP contribution in [0.1, 0.15) is 5.56 Å². The summed E-state index contributed by atoms with van der Waals surface area (Å²) in [6, 6.07) is 6.45. The number of carbonyl (C=O) groups is 1. The third kappa shape index (κ3) is 3.11. The number of phenols is 1. The first-order valence-electron chi connectivity index (χ1n) is 4.45. The number of methoxy groups -OCH3 is 1. The predicted molar refractivity (Wildman–Crippen MR) is 57.2 cm³/mol. The van der Waals surface area contributed by atoms with Gasteiger partial charge in [0, 0.05) is 6.54 Å². The zero-order valence-corrected chi connectivity index (χ0v) is 8.43. The van der Waals surface area contributed by atoms with Gasteiger partial charge in [-0.2, -0.15) is 0 Å². The number of nitrogens with two attached hydrogens (primary N) is 1. The lowest BCUT2D eigenvalue weighted by atomic mass is 10.1. The first kappa shape index (κ1) is 11.3. The molecular formula is C11H13NO3. The Morgan fingerprint density at radius 1 is 1.47 bits per heavy atom. The van der Waals surface area contributed by atoms with Crippen molar-refractivity contribution in [2.24, 2.45) is 5.73 Å². The van der Waals surface area contributed by atoms with Crippen LogP contribution in [0.4, 0.5) is 0 Å². The maximum absolute atomic E-state index is 11.2. The van der Waals surface area contributed by atoms with Gasteiger partial charge in [0.1, 0.15) is 5.75 Å². The molecule has 0 spiro atoms. The second-order valence-corrected chi connectivity index (χ2v) is 2.96. The van der Waals surface area contributed by atoms with E-state index >= 15 is 0 Å². The van der Waals surface area contributed by atoms with E-state index in [4.69, 9.17) is 10.8 Å². The lowest BCUT2D eigenvalue weighted by molar-refractivity contribution is -0.136. The fourth-order valence-electron chi connectivity index (χ4n) is 1.10. The van der Waals surface area contributed by atoms with Crippen molar-refractivity contribution in [2.45, 2.75) is 0 Å². The van der Waals surface area contributed by atoms with Crippen LogP contribution < -0.4 is 5.73 Å². The molecule has 3 N–H and O–H groups in total. The van der Waals surface area contributed by atoms with Crippen molar-refractivity contribution in [1.82, 2.24) is 0 Å². The molecule has 15 heavy (non-hydrogen) atoms. The standard InChI is InChI=1S/C11H13NO3/c1-15-11(14)9(7-12)6-8-2-4-10(13)5-3-8/h2-6,13H,7,12H2,1H3/b9-6-. The predicted octanol–water partition coefficient (Wildman–Crippen LogP) is 0.907. The molecule has 0 bridgehead atoms. The summed E-state index contributed by atoms with van der Waals surface area (Å²) < 4.78 is 4.56. The van der Waals surface area contributed by atoms with Crippen LogP contribution >= 0.6 is 0 Å². The van der Waals surface area contributed by atoms with Gasteiger partial charge < -0.3 is 15.6 Å². The third-order valence-corrected chi connectivity index (χ3v) is 1.90. The van der Waals surface area contributed by atoms with Crippen LogP contribution in [-0.4, -0.2) is 24.7 Å². The first-order valence-corrected chi connectivity index (χ1v) is 4.45. The minimum atomic E-state index is -0.439. The van der Waals surface area contributed by atoms with Crippen LogP contribution in [0.15, 0.2) is 29.8 Å². The van der Waals surface area contributed by atoms with E-state index in [1.807, 2.05) is 0 Å². The molecule has 1 aromatic rings. The largest absolute Gasteiger partial charge is 0.508 e. The van der Waals surface area contributed by atoms with E-state index < -0.39 is 5.97 Å². The molecule has 0 aliphatic carbocycles. The topological polar surface area (TPSA) is 72.5 Å². The van der Waals surface area contributed by atoms with Crippen molar-refractivity contribution >= 4 is 12.0 Å². The Balaban J connectivity index is 2.93. The van der Waals surface area contributed by atoms with E-state index in [-0.39, 0.29) is 12.3 Å². The lowest BCUT2D eigenvalue weighted by Crippen LogP contribution is -2.13. The summed E-state index contributed by atoms with van der Waals surface area (Å²) in [4.78, 5) is 11.2. The van der Waals surface area contributed by atoms with Crippen molar-refractivity contribution in [3.8, 4) is 5.75 Å². The molecule has 4 heteroatoms. The zero-order valence-electron chi connectivity index (χ0n) is 8.43. The number of rotatable bonds is 3. The van der Waals surface area contributed by atoms with E-state index in [9.17, 15) is 4.79 Å². The molecule has 80 valence electrons. The molecule has 1 aromatic carbocycles. The van der Waals surface area contributed by atoms with Gasteiger partial charge >= 0.3 is 5.97 Å². The van der Waals surface area contributed by atoms with Crippen molar-refractivity contribution in [3.63, 3.8) is 0 Å². The van der Waals surface area contributed by atoms with Crippen molar-refractivity contribution in [3.05, 3.63) is 35.4 Å². The Kier molecular flexibility index (Phi) is 3.88. The molecule has 0 amide bonds. The lowest BCUT2D eigenvalue weighted by Gasteiger charge is -2.02. The number of benzene rings is 1. The van der Waals surface area contributed by atoms with E-state index in [1.165, 1.54) is 19.2 Å². The molecule has 0 heterocycles. The summed E-state index contributed by atoms with van der Waals surface area (Å²) in [5.74, 6) is -0.259. The zero-order chi connectivity index (χ0) is 11.3. The first-order chi connectivity index (χ1) is 7.17. The summed E-state index contributed by atoms with van der Waals surface area (Å²) in [6.07, 6.45) is 1.63. The summed E-state index contributed by atoms with van der Waals surface area (Å²) in [7, 11) is 1.31. The molecule has 0 fully saturated rings. The molecule has 0 radical (unpaired) electrons. The fourth-order valence-corrected chi connectivity index (χ4v) is 1.10. The number of aromatic hydroxyl groups is 1. The number of carbonyl (C=O) groups excluding carboxylic acids is 1. The van der Waals surface area contributed by atoms with Gasteiger partial charge in [-0.1, -0.05) is 12.1 Å². The molecule has 0 saturated carbocycles. The van der Waals surface area contributed by atoms with Crippen molar-refractivity contribution in [1.29, 1.82) is 0 Å². The Bertz CT molecular complexity index is 368. The minimum absolute atomic E-state index is 0.119. The van der Waals surface area contributed by atoms with Crippen LogP contribution in [0.25, 0.3) is 6.08 Å². The van der Waals surface area contributed by atoms with E-state index in [0.29, 0.717) is 5.57 Å². The summed E-state index contributed by atoms with van der Waals surface area (Å²) >= 11 is 0. The van der Waals surface area contributed by atoms with Crippen LogP contribution in [0, 0.1) is 0 Å². The SMILES string of the molecule is COC(=O)/C(=C\c1ccc(O)cc1)CN. The highest BCUT2D eigenvalue weighted by molar-refractivity contribution is 5.94. The average Bonchev–Trinajstić information content (AvgIpc) is 2.27. The summed E-state index contributed by atoms with van der Waals surface area (Å²) in [5, 5.41) is 9.07. The van der Waals surface area contributed by atoms with E-state index in [1.54, 1.807) is 18.2 Å². The minimum Gasteiger partial charge on any atom is -0.508 e. The van der Waals surface area contributed by atoms with Gasteiger partial charge in [-0.25, -0.2) is 4.79 Å². The Hall–Kier alpha value is -1.81. The Morgan fingerprint density at radius 2 is 2.07 bits per heavy atom. The van der Waals surface area contributed by atoms with Gasteiger partial charge in [0.05, 0.1) is 12.7 Å². The van der Waals surface area contributed by atoms with Crippen molar-refractivity contribution in [2.75, 3.05) is 13.7 Å². The highest BCUT2D eigenvalue weighted by Crippen LogP contribution is 2.12. The van der Waals surface area contributed by atoms with Crippen LogP contribution in [0.2, 0.25) is 0 Å². The van der Waals surface area contributed by atoms with Gasteiger partial charge in [0.2, 0.25) is 0 Å². The van der Waals surface area contributed by atoms with E-state index in [2.05, 4.69) is 4.74 Å². The molecule has 0 aromatic heterocycles. The number of esters is 1. The smallest absolute Gasteiger partial charge is 0.335 e. The molecule has 0 saturated heterocycles. The second-order valence-electron chi connectivity index (χ2n) is 2.96. The van der Waals surface area contributed by atoms with Crippen molar-refractivity contribution < 1.29 is 14.6 Å². The number of ether oxygens (including phenoxy) is 1. The second kappa shape index (κ2) is 5.17. The quantitative estimate of drug-likeness (QED) is 0.570. The van der Waals surface area contributed by atoms with Gasteiger partial charge in [0.25, 0.3) is 0 Å². The molecule has 0 atom stereocenters. The Morgan fingerprint density at radius 3 is 2.53 bits per heavy atom. The maximum Gasteiger partial charge on any atom is 0.335 e. The molecule has 1 rings (SSSR count). The fraction of sp³-hybridized carbons (Fsp3) is 0.182. The average molecular weight is 207 g/mol.